The molecule has 0 aliphatic rings. The van der Waals surface area contributed by atoms with Gasteiger partial charge in [0, 0.05) is 6.08 Å². The maximum Gasteiger partial charge on any atom is 0.279 e. The standard InChI is InChI=1S/C10H9N5O2S/c1-18-10-14-8-7(9(17)15-10)13-5(4-12-8)2-3-6(11)16/h2-4H,1H3,(H2,11,16)(H,12,14,15,17)/b3-2+. The molecule has 0 radical (unpaired) electrons. The number of primary amides is 1. The lowest BCUT2D eigenvalue weighted by molar-refractivity contribution is -0.113. The van der Waals surface area contributed by atoms with E-state index in [4.69, 9.17) is 5.73 Å². The predicted octanol–water partition coefficient (Wildman–Crippen LogP) is -0.0665. The first-order chi connectivity index (χ1) is 8.60. The lowest BCUT2D eigenvalue weighted by atomic mass is 10.3. The van der Waals surface area contributed by atoms with Gasteiger partial charge in [-0.3, -0.25) is 14.6 Å². The number of amides is 1. The number of hydrogen-bond donors (Lipinski definition) is 2. The topological polar surface area (TPSA) is 115 Å². The average Bonchev–Trinajstić information content (AvgIpc) is 2.36. The van der Waals surface area contributed by atoms with Crippen molar-refractivity contribution >= 4 is 34.9 Å². The second-order valence-electron chi connectivity index (χ2n) is 3.28. The van der Waals surface area contributed by atoms with Gasteiger partial charge in [0.2, 0.25) is 5.91 Å². The SMILES string of the molecule is CSc1nc2ncc(/C=C/C(N)=O)nc2c(=O)[nH]1. The van der Waals surface area contributed by atoms with Crippen molar-refractivity contribution in [3.05, 3.63) is 28.3 Å². The molecule has 1 amide bonds. The zero-order valence-electron chi connectivity index (χ0n) is 9.38. The van der Waals surface area contributed by atoms with Crippen molar-refractivity contribution in [3.8, 4) is 0 Å². The normalized spacial score (nSPS) is 11.2. The number of nitrogens with two attached hydrogens (primary N) is 1. The molecule has 0 aromatic carbocycles. The van der Waals surface area contributed by atoms with E-state index in [0.717, 1.165) is 6.08 Å². The lowest BCUT2D eigenvalue weighted by Gasteiger charge is -1.99. The molecule has 0 saturated heterocycles. The molecule has 92 valence electrons. The highest BCUT2D eigenvalue weighted by Gasteiger charge is 2.06. The molecular weight excluding hydrogens is 254 g/mol. The third-order valence-electron chi connectivity index (χ3n) is 2.03. The first-order valence-electron chi connectivity index (χ1n) is 4.88. The fourth-order valence-corrected chi connectivity index (χ4v) is 1.63. The molecule has 0 atom stereocenters. The van der Waals surface area contributed by atoms with E-state index in [1.807, 2.05) is 0 Å². The second-order valence-corrected chi connectivity index (χ2v) is 4.07. The van der Waals surface area contributed by atoms with Gasteiger partial charge in [-0.25, -0.2) is 15.0 Å². The first kappa shape index (κ1) is 12.2. The van der Waals surface area contributed by atoms with Crippen molar-refractivity contribution in [1.82, 2.24) is 19.9 Å². The third kappa shape index (κ3) is 2.54. The van der Waals surface area contributed by atoms with E-state index in [-0.39, 0.29) is 16.7 Å². The van der Waals surface area contributed by atoms with Crippen LogP contribution in [0.3, 0.4) is 0 Å². The number of nitrogens with one attached hydrogen (secondary N) is 1. The van der Waals surface area contributed by atoms with E-state index in [1.54, 1.807) is 6.26 Å². The Morgan fingerprint density at radius 2 is 2.28 bits per heavy atom. The minimum absolute atomic E-state index is 0.124. The molecule has 0 spiro atoms. The molecule has 0 bridgehead atoms. The highest BCUT2D eigenvalue weighted by atomic mass is 32.2. The smallest absolute Gasteiger partial charge is 0.279 e. The van der Waals surface area contributed by atoms with Crippen LogP contribution in [0.2, 0.25) is 0 Å². The number of carbonyl (C=O) groups excluding carboxylic acids is 1. The molecule has 2 rings (SSSR count). The Morgan fingerprint density at radius 1 is 1.50 bits per heavy atom. The van der Waals surface area contributed by atoms with E-state index in [2.05, 4.69) is 19.9 Å². The van der Waals surface area contributed by atoms with Crippen LogP contribution < -0.4 is 11.3 Å². The number of hydrogen-bond acceptors (Lipinski definition) is 6. The molecule has 2 aromatic rings. The van der Waals surface area contributed by atoms with Gasteiger partial charge in [-0.1, -0.05) is 11.8 Å². The summed E-state index contributed by atoms with van der Waals surface area (Å²) in [7, 11) is 0. The lowest BCUT2D eigenvalue weighted by Crippen LogP contribution is -2.12. The van der Waals surface area contributed by atoms with Gasteiger partial charge in [-0.15, -0.1) is 0 Å². The number of nitrogens with zero attached hydrogens (tertiary/aromatic N) is 3. The Kier molecular flexibility index (Phi) is 3.38. The van der Waals surface area contributed by atoms with Crippen molar-refractivity contribution in [1.29, 1.82) is 0 Å². The second kappa shape index (κ2) is 4.96. The Morgan fingerprint density at radius 3 is 2.94 bits per heavy atom. The predicted molar refractivity (Wildman–Crippen MR) is 68.0 cm³/mol. The molecule has 8 heteroatoms. The summed E-state index contributed by atoms with van der Waals surface area (Å²) in [5.41, 5.74) is 5.35. The molecule has 2 heterocycles. The molecule has 18 heavy (non-hydrogen) atoms. The zero-order chi connectivity index (χ0) is 13.1. The monoisotopic (exact) mass is 263 g/mol. The summed E-state index contributed by atoms with van der Waals surface area (Å²) >= 11 is 1.31. The van der Waals surface area contributed by atoms with Gasteiger partial charge in [0.15, 0.2) is 16.3 Å². The van der Waals surface area contributed by atoms with E-state index < -0.39 is 5.91 Å². The molecule has 0 aliphatic carbocycles. The van der Waals surface area contributed by atoms with Crippen LogP contribution in [0, 0.1) is 0 Å². The van der Waals surface area contributed by atoms with Crippen molar-refractivity contribution in [2.24, 2.45) is 5.73 Å². The maximum absolute atomic E-state index is 11.7. The fourth-order valence-electron chi connectivity index (χ4n) is 1.26. The van der Waals surface area contributed by atoms with Crippen LogP contribution >= 0.6 is 11.8 Å². The summed E-state index contributed by atoms with van der Waals surface area (Å²) in [6.07, 6.45) is 5.74. The Labute approximate surface area is 106 Å². The molecule has 0 aliphatic heterocycles. The summed E-state index contributed by atoms with van der Waals surface area (Å²) in [6.45, 7) is 0. The minimum atomic E-state index is -0.596. The van der Waals surface area contributed by atoms with E-state index in [0.29, 0.717) is 10.9 Å². The Balaban J connectivity index is 2.55. The summed E-state index contributed by atoms with van der Waals surface area (Å²) < 4.78 is 0. The van der Waals surface area contributed by atoms with Crippen LogP contribution in [0.5, 0.6) is 0 Å². The summed E-state index contributed by atoms with van der Waals surface area (Å²) in [6, 6.07) is 0. The van der Waals surface area contributed by atoms with Gasteiger partial charge in [0.25, 0.3) is 5.56 Å². The van der Waals surface area contributed by atoms with E-state index in [1.165, 1.54) is 24.0 Å². The Hall–Kier alpha value is -2.22. The Bertz CT molecular complexity index is 694. The molecule has 3 N–H and O–H groups in total. The number of aromatic nitrogens is 4. The van der Waals surface area contributed by atoms with Crippen molar-refractivity contribution in [2.45, 2.75) is 5.16 Å². The number of carbonyl (C=O) groups is 1. The first-order valence-corrected chi connectivity index (χ1v) is 6.11. The van der Waals surface area contributed by atoms with E-state index >= 15 is 0 Å². The van der Waals surface area contributed by atoms with Crippen LogP contribution in [0.25, 0.3) is 17.2 Å². The molecule has 0 unspecified atom stereocenters. The summed E-state index contributed by atoms with van der Waals surface area (Å²) in [5.74, 6) is -0.596. The average molecular weight is 263 g/mol. The third-order valence-corrected chi connectivity index (χ3v) is 2.61. The number of fused-ring (bicyclic) bond motifs is 1. The molecule has 2 aromatic heterocycles. The van der Waals surface area contributed by atoms with E-state index in [9.17, 15) is 9.59 Å². The van der Waals surface area contributed by atoms with Gasteiger partial charge in [0.1, 0.15) is 0 Å². The molecule has 0 saturated carbocycles. The summed E-state index contributed by atoms with van der Waals surface area (Å²) in [4.78, 5) is 37.1. The largest absolute Gasteiger partial charge is 0.366 e. The minimum Gasteiger partial charge on any atom is -0.366 e. The fraction of sp³-hybridized carbons (Fsp3) is 0.100. The van der Waals surface area contributed by atoms with Gasteiger partial charge in [0.05, 0.1) is 11.9 Å². The van der Waals surface area contributed by atoms with Gasteiger partial charge in [-0.2, -0.15) is 0 Å². The zero-order valence-corrected chi connectivity index (χ0v) is 10.2. The van der Waals surface area contributed by atoms with Crippen molar-refractivity contribution < 1.29 is 4.79 Å². The van der Waals surface area contributed by atoms with Crippen LogP contribution in [0.15, 0.2) is 22.2 Å². The van der Waals surface area contributed by atoms with Gasteiger partial charge in [-0.05, 0) is 12.3 Å². The number of aromatic amines is 1. The quantitative estimate of drug-likeness (QED) is 0.455. The highest BCUT2D eigenvalue weighted by molar-refractivity contribution is 7.98. The number of H-pyrrole nitrogens is 1. The van der Waals surface area contributed by atoms with Crippen LogP contribution in [-0.2, 0) is 4.79 Å². The van der Waals surface area contributed by atoms with Gasteiger partial charge < -0.3 is 5.73 Å². The van der Waals surface area contributed by atoms with Crippen LogP contribution in [-0.4, -0.2) is 32.1 Å². The van der Waals surface area contributed by atoms with Crippen molar-refractivity contribution in [2.75, 3.05) is 6.26 Å². The highest BCUT2D eigenvalue weighted by Crippen LogP contribution is 2.09. The maximum atomic E-state index is 11.7. The van der Waals surface area contributed by atoms with Crippen LogP contribution in [0.4, 0.5) is 0 Å². The molecule has 0 fully saturated rings. The van der Waals surface area contributed by atoms with Crippen LogP contribution in [0.1, 0.15) is 5.69 Å². The number of thioether (sulfide) groups is 1. The molecular formula is C10H9N5O2S. The molecule has 7 nitrogen and oxygen atoms in total. The van der Waals surface area contributed by atoms with Crippen molar-refractivity contribution in [3.63, 3.8) is 0 Å². The van der Waals surface area contributed by atoms with Gasteiger partial charge >= 0.3 is 0 Å². The number of rotatable bonds is 3. The summed E-state index contributed by atoms with van der Waals surface area (Å²) in [5, 5.41) is 0.474.